The predicted octanol–water partition coefficient (Wildman–Crippen LogP) is 0.0344. The molecule has 4 nitrogen and oxygen atoms in total. The lowest BCUT2D eigenvalue weighted by Gasteiger charge is -2.36. The maximum atomic E-state index is 11.6. The minimum absolute atomic E-state index is 0.0799. The third-order valence-electron chi connectivity index (χ3n) is 2.50. The van der Waals surface area contributed by atoms with E-state index < -0.39 is 6.10 Å². The highest BCUT2D eigenvalue weighted by molar-refractivity contribution is 7.80. The van der Waals surface area contributed by atoms with E-state index in [1.165, 1.54) is 0 Å². The topological polar surface area (TPSA) is 66.6 Å². The molecule has 0 radical (unpaired) electrons. The van der Waals surface area contributed by atoms with E-state index in [1.807, 2.05) is 6.92 Å². The third-order valence-corrected chi connectivity index (χ3v) is 2.65. The number of amides is 1. The average Bonchev–Trinajstić information content (AvgIpc) is 2.08. The molecular formula is C9H16N2O2S. The molecule has 0 aliphatic carbocycles. The van der Waals surface area contributed by atoms with E-state index in [0.29, 0.717) is 6.54 Å². The molecule has 1 amide bonds. The summed E-state index contributed by atoms with van der Waals surface area (Å²) in [6, 6.07) is 0.181. The van der Waals surface area contributed by atoms with Gasteiger partial charge in [0.25, 0.3) is 0 Å². The Morgan fingerprint density at radius 1 is 1.64 bits per heavy atom. The number of aliphatic hydroxyl groups is 1. The zero-order chi connectivity index (χ0) is 10.7. The molecule has 14 heavy (non-hydrogen) atoms. The quantitative estimate of drug-likeness (QED) is 0.639. The van der Waals surface area contributed by atoms with Gasteiger partial charge in [-0.25, -0.2) is 0 Å². The minimum atomic E-state index is -0.401. The molecule has 80 valence electrons. The highest BCUT2D eigenvalue weighted by Crippen LogP contribution is 2.17. The molecule has 0 aromatic rings. The van der Waals surface area contributed by atoms with Crippen LogP contribution in [0.1, 0.15) is 26.2 Å². The Morgan fingerprint density at radius 2 is 2.29 bits per heavy atom. The second-order valence-corrected chi connectivity index (χ2v) is 4.29. The summed E-state index contributed by atoms with van der Waals surface area (Å²) in [6.45, 7) is 2.38. The van der Waals surface area contributed by atoms with E-state index in [0.717, 1.165) is 12.8 Å². The Morgan fingerprint density at radius 3 is 2.86 bits per heavy atom. The number of nitrogens with zero attached hydrogens (tertiary/aromatic N) is 1. The van der Waals surface area contributed by atoms with Crippen LogP contribution in [-0.2, 0) is 4.79 Å². The molecule has 2 atom stereocenters. The lowest BCUT2D eigenvalue weighted by Crippen LogP contribution is -2.48. The molecule has 0 aromatic heterocycles. The molecule has 1 saturated heterocycles. The van der Waals surface area contributed by atoms with E-state index in [-0.39, 0.29) is 23.4 Å². The number of carbonyl (C=O) groups excluding carboxylic acids is 1. The van der Waals surface area contributed by atoms with Crippen molar-refractivity contribution in [2.45, 2.75) is 38.3 Å². The average molecular weight is 216 g/mol. The van der Waals surface area contributed by atoms with Crippen molar-refractivity contribution in [3.05, 3.63) is 0 Å². The van der Waals surface area contributed by atoms with Gasteiger partial charge in [-0.1, -0.05) is 12.2 Å². The van der Waals surface area contributed by atoms with Gasteiger partial charge in [-0.3, -0.25) is 4.79 Å². The summed E-state index contributed by atoms with van der Waals surface area (Å²) in [5.41, 5.74) is 5.30. The molecule has 0 aromatic carbocycles. The van der Waals surface area contributed by atoms with E-state index in [1.54, 1.807) is 4.90 Å². The summed E-state index contributed by atoms with van der Waals surface area (Å²) < 4.78 is 0. The minimum Gasteiger partial charge on any atom is -0.393 e. The number of likely N-dealkylation sites (tertiary alicyclic amines) is 1. The Labute approximate surface area is 89.1 Å². The largest absolute Gasteiger partial charge is 0.393 e. The van der Waals surface area contributed by atoms with Gasteiger partial charge in [-0.2, -0.15) is 0 Å². The van der Waals surface area contributed by atoms with Crippen LogP contribution in [0.3, 0.4) is 0 Å². The van der Waals surface area contributed by atoms with Crippen molar-refractivity contribution < 1.29 is 9.90 Å². The highest BCUT2D eigenvalue weighted by Gasteiger charge is 2.27. The maximum Gasteiger partial charge on any atom is 0.229 e. The van der Waals surface area contributed by atoms with Crippen molar-refractivity contribution in [1.29, 1.82) is 0 Å². The number of hydrogen-bond donors (Lipinski definition) is 2. The van der Waals surface area contributed by atoms with Crippen LogP contribution in [0, 0.1) is 0 Å². The van der Waals surface area contributed by atoms with Gasteiger partial charge >= 0.3 is 0 Å². The lowest BCUT2D eigenvalue weighted by atomic mass is 10.0. The molecule has 1 aliphatic rings. The second kappa shape index (κ2) is 4.70. The Balaban J connectivity index is 2.55. The SMILES string of the molecule is CC1CCC(O)CN1C(=O)CC(N)=S. The zero-order valence-corrected chi connectivity index (χ0v) is 9.09. The number of piperidine rings is 1. The van der Waals surface area contributed by atoms with Crippen LogP contribution >= 0.6 is 12.2 Å². The number of thiocarbonyl (C=S) groups is 1. The number of nitrogens with two attached hydrogens (primary N) is 1. The van der Waals surface area contributed by atoms with Gasteiger partial charge in [0.05, 0.1) is 17.5 Å². The molecule has 0 saturated carbocycles. The van der Waals surface area contributed by atoms with Gasteiger partial charge in [0.15, 0.2) is 0 Å². The van der Waals surface area contributed by atoms with Crippen LogP contribution in [-0.4, -0.2) is 39.6 Å². The summed E-state index contributed by atoms with van der Waals surface area (Å²) in [5, 5.41) is 9.42. The maximum absolute atomic E-state index is 11.6. The molecule has 1 heterocycles. The van der Waals surface area contributed by atoms with Crippen molar-refractivity contribution in [1.82, 2.24) is 4.90 Å². The van der Waals surface area contributed by atoms with Crippen molar-refractivity contribution in [3.63, 3.8) is 0 Å². The van der Waals surface area contributed by atoms with Crippen LogP contribution in [0.5, 0.6) is 0 Å². The van der Waals surface area contributed by atoms with Crippen molar-refractivity contribution >= 4 is 23.1 Å². The number of rotatable bonds is 2. The fourth-order valence-electron chi connectivity index (χ4n) is 1.69. The molecule has 5 heteroatoms. The van der Waals surface area contributed by atoms with Crippen molar-refractivity contribution in [3.8, 4) is 0 Å². The summed E-state index contributed by atoms with van der Waals surface area (Å²) in [5.74, 6) is -0.0799. The van der Waals surface area contributed by atoms with E-state index >= 15 is 0 Å². The molecule has 2 unspecified atom stereocenters. The molecular weight excluding hydrogens is 200 g/mol. The molecule has 0 bridgehead atoms. The van der Waals surface area contributed by atoms with Gasteiger partial charge in [0.2, 0.25) is 5.91 Å². The first-order chi connectivity index (χ1) is 6.50. The van der Waals surface area contributed by atoms with E-state index in [4.69, 9.17) is 5.73 Å². The zero-order valence-electron chi connectivity index (χ0n) is 8.27. The Kier molecular flexibility index (Phi) is 3.83. The lowest BCUT2D eigenvalue weighted by molar-refractivity contribution is -0.135. The first-order valence-electron chi connectivity index (χ1n) is 4.76. The van der Waals surface area contributed by atoms with Gasteiger partial charge in [0, 0.05) is 12.6 Å². The number of β-amino-alcohol motifs (C(OH)–C–C–N with tert-alkyl or cyclic N) is 1. The monoisotopic (exact) mass is 216 g/mol. The molecule has 1 aliphatic heterocycles. The molecule has 1 fully saturated rings. The summed E-state index contributed by atoms with van der Waals surface area (Å²) in [4.78, 5) is 13.5. The normalized spacial score (nSPS) is 27.4. The van der Waals surface area contributed by atoms with Gasteiger partial charge < -0.3 is 15.7 Å². The Bertz CT molecular complexity index is 245. The van der Waals surface area contributed by atoms with Crippen LogP contribution in [0.4, 0.5) is 0 Å². The summed E-state index contributed by atoms with van der Waals surface area (Å²) in [6.07, 6.45) is 1.30. The number of carbonyl (C=O) groups is 1. The van der Waals surface area contributed by atoms with E-state index in [2.05, 4.69) is 12.2 Å². The third kappa shape index (κ3) is 2.92. The standard InChI is InChI=1S/C9H16N2O2S/c1-6-2-3-7(12)5-11(6)9(13)4-8(10)14/h6-7,12H,2-5H2,1H3,(H2,10,14). The van der Waals surface area contributed by atoms with Crippen LogP contribution in [0.2, 0.25) is 0 Å². The summed E-state index contributed by atoms with van der Waals surface area (Å²) >= 11 is 4.68. The number of aliphatic hydroxyl groups excluding tert-OH is 1. The fraction of sp³-hybridized carbons (Fsp3) is 0.778. The first kappa shape index (κ1) is 11.4. The summed E-state index contributed by atoms with van der Waals surface area (Å²) in [7, 11) is 0. The van der Waals surface area contributed by atoms with Crippen molar-refractivity contribution in [2.75, 3.05) is 6.54 Å². The van der Waals surface area contributed by atoms with Gasteiger partial charge in [0.1, 0.15) is 0 Å². The molecule has 0 spiro atoms. The smallest absolute Gasteiger partial charge is 0.229 e. The molecule has 1 rings (SSSR count). The highest BCUT2D eigenvalue weighted by atomic mass is 32.1. The fourth-order valence-corrected chi connectivity index (χ4v) is 1.81. The van der Waals surface area contributed by atoms with E-state index in [9.17, 15) is 9.90 Å². The molecule has 3 N–H and O–H groups in total. The first-order valence-corrected chi connectivity index (χ1v) is 5.17. The van der Waals surface area contributed by atoms with Gasteiger partial charge in [-0.15, -0.1) is 0 Å². The Hall–Kier alpha value is -0.680. The van der Waals surface area contributed by atoms with Gasteiger partial charge in [-0.05, 0) is 19.8 Å². The van der Waals surface area contributed by atoms with Crippen LogP contribution in [0.15, 0.2) is 0 Å². The van der Waals surface area contributed by atoms with Crippen molar-refractivity contribution in [2.24, 2.45) is 5.73 Å². The number of hydrogen-bond acceptors (Lipinski definition) is 3. The second-order valence-electron chi connectivity index (χ2n) is 3.77. The predicted molar refractivity (Wildman–Crippen MR) is 57.8 cm³/mol. The van der Waals surface area contributed by atoms with Crippen LogP contribution in [0.25, 0.3) is 0 Å². The van der Waals surface area contributed by atoms with Crippen LogP contribution < -0.4 is 5.73 Å².